The maximum absolute atomic E-state index is 13.3. The third-order valence-corrected chi connectivity index (χ3v) is 9.11. The van der Waals surface area contributed by atoms with Crippen molar-refractivity contribution in [2.75, 3.05) is 52.4 Å². The molecule has 1 atom stereocenters. The molecule has 3 aliphatic heterocycles. The second-order valence-electron chi connectivity index (χ2n) is 12.0. The third kappa shape index (κ3) is 6.63. The van der Waals surface area contributed by atoms with E-state index >= 15 is 0 Å². The Bertz CT molecular complexity index is 1560. The summed E-state index contributed by atoms with van der Waals surface area (Å²) in [6.45, 7) is 5.71. The molecule has 3 fully saturated rings. The van der Waals surface area contributed by atoms with E-state index in [9.17, 15) is 28.8 Å². The summed E-state index contributed by atoms with van der Waals surface area (Å²) in [6.07, 6.45) is 2.43. The summed E-state index contributed by atoms with van der Waals surface area (Å²) in [4.78, 5) is 81.0. The van der Waals surface area contributed by atoms with Gasteiger partial charge in [-0.05, 0) is 30.0 Å². The number of carbonyl (C=O) groups is 6. The monoisotopic (exact) mass is 627 g/mol. The molecule has 3 heterocycles. The molecule has 46 heavy (non-hydrogen) atoms. The Hall–Kier alpha value is -4.68. The van der Waals surface area contributed by atoms with Gasteiger partial charge in [-0.15, -0.1) is 0 Å². The number of carbonyl (C=O) groups excluding carboxylic acids is 6. The molecule has 1 aliphatic carbocycles. The molecule has 2 aromatic carbocycles. The largest absolute Gasteiger partial charge is 0.491 e. The molecule has 4 aliphatic rings. The molecule has 6 rings (SSSR count). The molecule has 2 aromatic rings. The van der Waals surface area contributed by atoms with Crippen LogP contribution in [-0.4, -0.2) is 108 Å². The standard InChI is InChI=1S/C34H37N5O7/c40-27-19-23(22-5-2-1-3-6-22)20-28(41)25(27)21-35-11-12-37-13-15-38(16-14-37)17-18-46-29-8-4-7-24-31(29)34(45)39(33(24)44)26-9-10-30(42)36-32(26)43/h1-8,21,23,26,35H,9-20H2,(H,36,42,43). The van der Waals surface area contributed by atoms with E-state index in [4.69, 9.17) is 4.74 Å². The van der Waals surface area contributed by atoms with Crippen LogP contribution in [0.25, 0.3) is 0 Å². The van der Waals surface area contributed by atoms with Crippen molar-refractivity contribution in [1.82, 2.24) is 25.3 Å². The average Bonchev–Trinajstić information content (AvgIpc) is 3.31. The first-order valence-electron chi connectivity index (χ1n) is 15.8. The van der Waals surface area contributed by atoms with E-state index in [-0.39, 0.29) is 47.0 Å². The number of hydrogen-bond donors (Lipinski definition) is 2. The average molecular weight is 628 g/mol. The lowest BCUT2D eigenvalue weighted by atomic mass is 9.80. The summed E-state index contributed by atoms with van der Waals surface area (Å²) in [5.41, 5.74) is 1.63. The van der Waals surface area contributed by atoms with Crippen molar-refractivity contribution in [2.24, 2.45) is 0 Å². The second-order valence-corrected chi connectivity index (χ2v) is 12.0. The van der Waals surface area contributed by atoms with E-state index < -0.39 is 29.7 Å². The Balaban J connectivity index is 0.924. The predicted octanol–water partition coefficient (Wildman–Crippen LogP) is 1.27. The summed E-state index contributed by atoms with van der Waals surface area (Å²) in [6, 6.07) is 13.5. The van der Waals surface area contributed by atoms with E-state index in [1.165, 1.54) is 0 Å². The van der Waals surface area contributed by atoms with Crippen molar-refractivity contribution in [3.05, 3.63) is 77.0 Å². The number of piperazine rings is 1. The van der Waals surface area contributed by atoms with Crippen LogP contribution in [0.2, 0.25) is 0 Å². The van der Waals surface area contributed by atoms with Crippen LogP contribution in [0.1, 0.15) is 57.9 Å². The van der Waals surface area contributed by atoms with Crippen molar-refractivity contribution in [1.29, 1.82) is 0 Å². The topological polar surface area (TPSA) is 145 Å². The fourth-order valence-electron chi connectivity index (χ4n) is 6.54. The quantitative estimate of drug-likeness (QED) is 0.171. The van der Waals surface area contributed by atoms with Gasteiger partial charge in [0.2, 0.25) is 11.8 Å². The minimum atomic E-state index is -1.02. The Morgan fingerprint density at radius 1 is 0.826 bits per heavy atom. The van der Waals surface area contributed by atoms with Crippen molar-refractivity contribution >= 4 is 35.2 Å². The van der Waals surface area contributed by atoms with Crippen LogP contribution in [0.3, 0.4) is 0 Å². The van der Waals surface area contributed by atoms with Crippen molar-refractivity contribution in [3.63, 3.8) is 0 Å². The van der Waals surface area contributed by atoms with Crippen LogP contribution in [-0.2, 0) is 19.2 Å². The lowest BCUT2D eigenvalue weighted by Gasteiger charge is -2.34. The van der Waals surface area contributed by atoms with E-state index in [1.807, 2.05) is 30.3 Å². The van der Waals surface area contributed by atoms with Crippen molar-refractivity contribution in [2.45, 2.75) is 37.6 Å². The highest BCUT2D eigenvalue weighted by molar-refractivity contribution is 6.24. The minimum Gasteiger partial charge on any atom is -0.491 e. The van der Waals surface area contributed by atoms with Gasteiger partial charge in [-0.2, -0.15) is 0 Å². The lowest BCUT2D eigenvalue weighted by molar-refractivity contribution is -0.136. The van der Waals surface area contributed by atoms with E-state index in [1.54, 1.807) is 24.4 Å². The van der Waals surface area contributed by atoms with Crippen LogP contribution in [0, 0.1) is 0 Å². The number of Topliss-reactive ketones (excluding diaryl/α,β-unsaturated/α-hetero) is 2. The van der Waals surface area contributed by atoms with Crippen LogP contribution >= 0.6 is 0 Å². The molecule has 1 unspecified atom stereocenters. The number of hydrogen-bond acceptors (Lipinski definition) is 10. The maximum Gasteiger partial charge on any atom is 0.266 e. The molecule has 2 N–H and O–H groups in total. The number of ketones is 2. The summed E-state index contributed by atoms with van der Waals surface area (Å²) in [7, 11) is 0. The lowest BCUT2D eigenvalue weighted by Crippen LogP contribution is -2.54. The molecule has 1 saturated carbocycles. The van der Waals surface area contributed by atoms with Crippen LogP contribution in [0.15, 0.2) is 60.3 Å². The Morgan fingerprint density at radius 2 is 1.52 bits per heavy atom. The first-order valence-corrected chi connectivity index (χ1v) is 15.8. The van der Waals surface area contributed by atoms with E-state index in [0.717, 1.165) is 43.2 Å². The van der Waals surface area contributed by atoms with Gasteiger partial charge < -0.3 is 10.1 Å². The Kier molecular flexibility index (Phi) is 9.36. The first kappa shape index (κ1) is 31.3. The van der Waals surface area contributed by atoms with E-state index in [2.05, 4.69) is 20.4 Å². The zero-order valence-electron chi connectivity index (χ0n) is 25.5. The fourth-order valence-corrected chi connectivity index (χ4v) is 6.54. The zero-order valence-corrected chi connectivity index (χ0v) is 25.5. The van der Waals surface area contributed by atoms with Gasteiger partial charge >= 0.3 is 0 Å². The smallest absolute Gasteiger partial charge is 0.266 e. The maximum atomic E-state index is 13.3. The molecule has 0 spiro atoms. The molecule has 0 radical (unpaired) electrons. The highest BCUT2D eigenvalue weighted by Gasteiger charge is 2.46. The normalized spacial score (nSPS) is 22.6. The summed E-state index contributed by atoms with van der Waals surface area (Å²) in [5.74, 6) is -2.20. The highest BCUT2D eigenvalue weighted by Crippen LogP contribution is 2.34. The van der Waals surface area contributed by atoms with Gasteiger partial charge in [0.05, 0.1) is 16.7 Å². The molecule has 4 amide bonds. The SMILES string of the molecule is O=C1CCC(N2C(=O)c3cccc(OCCN4CCN(CCNC=C5C(=O)CC(c6ccccc6)CC5=O)CC4)c3C2=O)C(=O)N1. The molecule has 2 saturated heterocycles. The fraction of sp³-hybridized carbons (Fsp3) is 0.412. The number of imide groups is 2. The van der Waals surface area contributed by atoms with Crippen LogP contribution in [0.4, 0.5) is 0 Å². The molecule has 12 nitrogen and oxygen atoms in total. The summed E-state index contributed by atoms with van der Waals surface area (Å²) < 4.78 is 5.98. The molecule has 0 bridgehead atoms. The number of nitrogens with zero attached hydrogens (tertiary/aromatic N) is 3. The van der Waals surface area contributed by atoms with Crippen molar-refractivity contribution in [3.8, 4) is 5.75 Å². The molecule has 12 heteroatoms. The molecular formula is C34H37N5O7. The molecule has 240 valence electrons. The third-order valence-electron chi connectivity index (χ3n) is 9.11. The highest BCUT2D eigenvalue weighted by atomic mass is 16.5. The summed E-state index contributed by atoms with van der Waals surface area (Å²) >= 11 is 0. The van der Waals surface area contributed by atoms with Gasteiger partial charge in [-0.3, -0.25) is 48.8 Å². The van der Waals surface area contributed by atoms with Gasteiger partial charge in [0.25, 0.3) is 11.8 Å². The number of allylic oxidation sites excluding steroid dienone is 1. The van der Waals surface area contributed by atoms with Crippen molar-refractivity contribution < 1.29 is 33.5 Å². The number of fused-ring (bicyclic) bond motifs is 1. The molecular weight excluding hydrogens is 590 g/mol. The predicted molar refractivity (Wildman–Crippen MR) is 166 cm³/mol. The van der Waals surface area contributed by atoms with Gasteiger partial charge in [0.15, 0.2) is 11.6 Å². The van der Waals surface area contributed by atoms with Gasteiger partial charge in [0.1, 0.15) is 18.4 Å². The number of amides is 4. The molecule has 0 aromatic heterocycles. The van der Waals surface area contributed by atoms with Crippen LogP contribution < -0.4 is 15.4 Å². The van der Waals surface area contributed by atoms with Crippen LogP contribution in [0.5, 0.6) is 5.75 Å². The number of benzene rings is 2. The first-order chi connectivity index (χ1) is 22.3. The number of nitrogens with one attached hydrogen (secondary N) is 2. The summed E-state index contributed by atoms with van der Waals surface area (Å²) in [5, 5.41) is 5.37. The number of piperidine rings is 1. The van der Waals surface area contributed by atoms with Gasteiger partial charge in [-0.25, -0.2) is 0 Å². The number of ether oxygens (including phenoxy) is 1. The number of rotatable bonds is 10. The Morgan fingerprint density at radius 3 is 2.22 bits per heavy atom. The van der Waals surface area contributed by atoms with Gasteiger partial charge in [-0.1, -0.05) is 36.4 Å². The minimum absolute atomic E-state index is 0.0596. The van der Waals surface area contributed by atoms with Gasteiger partial charge in [0, 0.05) is 71.3 Å². The van der Waals surface area contributed by atoms with E-state index in [0.29, 0.717) is 38.3 Å². The Labute approximate surface area is 266 Å². The second kappa shape index (κ2) is 13.8. The zero-order chi connectivity index (χ0) is 32.2.